The van der Waals surface area contributed by atoms with Crippen molar-refractivity contribution in [1.82, 2.24) is 5.32 Å². The van der Waals surface area contributed by atoms with Gasteiger partial charge >= 0.3 is 5.97 Å². The van der Waals surface area contributed by atoms with Gasteiger partial charge in [0.25, 0.3) is 0 Å². The summed E-state index contributed by atoms with van der Waals surface area (Å²) in [7, 11) is 0. The highest BCUT2D eigenvalue weighted by atomic mass is 16.5. The number of hydrogen-bond donors (Lipinski definition) is 3. The molecule has 1 aliphatic carbocycles. The SMILES string of the molecule is CC1C(N)CCC(C(=O)NCCOCC(=O)O)C1(C)C. The first-order chi connectivity index (χ1) is 9.26. The number of nitrogens with two attached hydrogens (primary N) is 1. The Kier molecular flexibility index (Phi) is 5.95. The van der Waals surface area contributed by atoms with Crippen LogP contribution in [0.3, 0.4) is 0 Å². The summed E-state index contributed by atoms with van der Waals surface area (Å²) in [5.41, 5.74) is 5.94. The van der Waals surface area contributed by atoms with Crippen LogP contribution in [0, 0.1) is 17.3 Å². The first-order valence-corrected chi connectivity index (χ1v) is 7.09. The van der Waals surface area contributed by atoms with Gasteiger partial charge in [0.2, 0.25) is 5.91 Å². The average molecular weight is 286 g/mol. The van der Waals surface area contributed by atoms with Crippen LogP contribution in [-0.4, -0.2) is 42.8 Å². The number of rotatable bonds is 6. The van der Waals surface area contributed by atoms with E-state index in [9.17, 15) is 9.59 Å². The molecule has 3 unspecified atom stereocenters. The molecule has 0 heterocycles. The zero-order valence-corrected chi connectivity index (χ0v) is 12.5. The molecule has 1 rings (SSSR count). The molecule has 0 aromatic carbocycles. The third-order valence-electron chi connectivity index (χ3n) is 4.59. The van der Waals surface area contributed by atoms with Gasteiger partial charge in [-0.2, -0.15) is 0 Å². The highest BCUT2D eigenvalue weighted by Crippen LogP contribution is 2.44. The number of carboxylic acids is 1. The van der Waals surface area contributed by atoms with Gasteiger partial charge in [-0.25, -0.2) is 4.79 Å². The number of carboxylic acid groups (broad SMARTS) is 1. The van der Waals surface area contributed by atoms with Crippen LogP contribution < -0.4 is 11.1 Å². The number of carbonyl (C=O) groups is 2. The first-order valence-electron chi connectivity index (χ1n) is 7.09. The maximum absolute atomic E-state index is 12.2. The lowest BCUT2D eigenvalue weighted by Gasteiger charge is -2.46. The molecule has 6 nitrogen and oxygen atoms in total. The van der Waals surface area contributed by atoms with E-state index in [4.69, 9.17) is 15.6 Å². The molecule has 1 aliphatic rings. The second kappa shape index (κ2) is 7.04. The third-order valence-corrected chi connectivity index (χ3v) is 4.59. The van der Waals surface area contributed by atoms with E-state index in [0.29, 0.717) is 6.54 Å². The minimum Gasteiger partial charge on any atom is -0.480 e. The molecule has 1 saturated carbocycles. The van der Waals surface area contributed by atoms with Crippen LogP contribution in [0.25, 0.3) is 0 Å². The lowest BCUT2D eigenvalue weighted by atomic mass is 9.61. The summed E-state index contributed by atoms with van der Waals surface area (Å²) in [6.07, 6.45) is 1.65. The highest BCUT2D eigenvalue weighted by molar-refractivity contribution is 5.79. The van der Waals surface area contributed by atoms with Crippen molar-refractivity contribution >= 4 is 11.9 Å². The summed E-state index contributed by atoms with van der Waals surface area (Å²) in [6, 6.07) is 0.146. The van der Waals surface area contributed by atoms with Crippen molar-refractivity contribution in [3.8, 4) is 0 Å². The number of aliphatic carboxylic acids is 1. The molecule has 0 aromatic heterocycles. The van der Waals surface area contributed by atoms with Crippen LogP contribution in [0.15, 0.2) is 0 Å². The third kappa shape index (κ3) is 4.18. The van der Waals surface area contributed by atoms with Crippen molar-refractivity contribution in [3.63, 3.8) is 0 Å². The van der Waals surface area contributed by atoms with Crippen LogP contribution in [-0.2, 0) is 14.3 Å². The second-order valence-corrected chi connectivity index (χ2v) is 6.14. The van der Waals surface area contributed by atoms with Gasteiger partial charge < -0.3 is 20.9 Å². The summed E-state index contributed by atoms with van der Waals surface area (Å²) in [5, 5.41) is 11.2. The summed E-state index contributed by atoms with van der Waals surface area (Å²) in [5.74, 6) is -0.771. The van der Waals surface area contributed by atoms with Gasteiger partial charge in [-0.1, -0.05) is 20.8 Å². The molecule has 0 bridgehead atoms. The largest absolute Gasteiger partial charge is 0.480 e. The Hall–Kier alpha value is -1.14. The lowest BCUT2D eigenvalue weighted by Crippen LogP contribution is -2.51. The standard InChI is InChI=1S/C14H26N2O4/c1-9-11(15)5-4-10(14(9,2)3)13(19)16-6-7-20-8-12(17)18/h9-11H,4-8,15H2,1-3H3,(H,16,19)(H,17,18). The summed E-state index contributed by atoms with van der Waals surface area (Å²) in [6.45, 7) is 6.47. The molecule has 116 valence electrons. The van der Waals surface area contributed by atoms with Crippen molar-refractivity contribution in [2.75, 3.05) is 19.8 Å². The van der Waals surface area contributed by atoms with Gasteiger partial charge in [-0.05, 0) is 24.2 Å². The minimum atomic E-state index is -1.01. The Labute approximate surface area is 120 Å². The molecule has 0 aromatic rings. The normalized spacial score (nSPS) is 28.9. The number of hydrogen-bond acceptors (Lipinski definition) is 4. The van der Waals surface area contributed by atoms with E-state index >= 15 is 0 Å². The van der Waals surface area contributed by atoms with E-state index < -0.39 is 5.97 Å². The number of amides is 1. The zero-order chi connectivity index (χ0) is 15.3. The van der Waals surface area contributed by atoms with E-state index in [-0.39, 0.29) is 42.4 Å². The molecule has 0 aliphatic heterocycles. The number of nitrogens with one attached hydrogen (secondary N) is 1. The molecular formula is C14H26N2O4. The Morgan fingerprint density at radius 2 is 2.05 bits per heavy atom. The highest BCUT2D eigenvalue weighted by Gasteiger charge is 2.44. The minimum absolute atomic E-state index is 0.00711. The molecule has 4 N–H and O–H groups in total. The topological polar surface area (TPSA) is 102 Å². The Morgan fingerprint density at radius 1 is 1.40 bits per heavy atom. The van der Waals surface area contributed by atoms with E-state index in [0.717, 1.165) is 12.8 Å². The maximum Gasteiger partial charge on any atom is 0.329 e. The van der Waals surface area contributed by atoms with Crippen molar-refractivity contribution < 1.29 is 19.4 Å². The van der Waals surface area contributed by atoms with Crippen molar-refractivity contribution in [1.29, 1.82) is 0 Å². The van der Waals surface area contributed by atoms with Crippen LogP contribution in [0.2, 0.25) is 0 Å². The van der Waals surface area contributed by atoms with Crippen molar-refractivity contribution in [2.24, 2.45) is 23.0 Å². The van der Waals surface area contributed by atoms with Crippen LogP contribution in [0.1, 0.15) is 33.6 Å². The fourth-order valence-corrected chi connectivity index (χ4v) is 2.85. The predicted octanol–water partition coefficient (Wildman–Crippen LogP) is 0.603. The molecular weight excluding hydrogens is 260 g/mol. The van der Waals surface area contributed by atoms with Gasteiger partial charge in [0.05, 0.1) is 6.61 Å². The van der Waals surface area contributed by atoms with Crippen molar-refractivity contribution in [2.45, 2.75) is 39.7 Å². The van der Waals surface area contributed by atoms with Gasteiger partial charge in [0.15, 0.2) is 0 Å². The van der Waals surface area contributed by atoms with Gasteiger partial charge in [0, 0.05) is 18.5 Å². The van der Waals surface area contributed by atoms with E-state index in [1.165, 1.54) is 0 Å². The molecule has 0 radical (unpaired) electrons. The lowest BCUT2D eigenvalue weighted by molar-refractivity contribution is -0.142. The second-order valence-electron chi connectivity index (χ2n) is 6.14. The Balaban J connectivity index is 2.41. The van der Waals surface area contributed by atoms with Crippen molar-refractivity contribution in [3.05, 3.63) is 0 Å². The monoisotopic (exact) mass is 286 g/mol. The maximum atomic E-state index is 12.2. The molecule has 1 fully saturated rings. The fraction of sp³-hybridized carbons (Fsp3) is 0.857. The number of carbonyl (C=O) groups excluding carboxylic acids is 1. The summed E-state index contributed by atoms with van der Waals surface area (Å²) < 4.78 is 4.89. The zero-order valence-electron chi connectivity index (χ0n) is 12.5. The molecule has 0 saturated heterocycles. The fourth-order valence-electron chi connectivity index (χ4n) is 2.85. The molecule has 20 heavy (non-hydrogen) atoms. The molecule has 0 spiro atoms. The van der Waals surface area contributed by atoms with E-state index in [2.05, 4.69) is 26.1 Å². The van der Waals surface area contributed by atoms with Gasteiger partial charge in [0.1, 0.15) is 6.61 Å². The Morgan fingerprint density at radius 3 is 2.65 bits per heavy atom. The summed E-state index contributed by atoms with van der Waals surface area (Å²) >= 11 is 0. The predicted molar refractivity (Wildman–Crippen MR) is 75.1 cm³/mol. The average Bonchev–Trinajstić information content (AvgIpc) is 2.35. The summed E-state index contributed by atoms with van der Waals surface area (Å²) in [4.78, 5) is 22.5. The first kappa shape index (κ1) is 16.9. The number of ether oxygens (including phenoxy) is 1. The van der Waals surface area contributed by atoms with Crippen LogP contribution in [0.4, 0.5) is 0 Å². The van der Waals surface area contributed by atoms with Crippen LogP contribution >= 0.6 is 0 Å². The smallest absolute Gasteiger partial charge is 0.329 e. The van der Waals surface area contributed by atoms with E-state index in [1.54, 1.807) is 0 Å². The quantitative estimate of drug-likeness (QED) is 0.621. The van der Waals surface area contributed by atoms with E-state index in [1.807, 2.05) is 0 Å². The molecule has 6 heteroatoms. The Bertz CT molecular complexity index is 357. The molecule has 3 atom stereocenters. The van der Waals surface area contributed by atoms with Crippen LogP contribution in [0.5, 0.6) is 0 Å². The van der Waals surface area contributed by atoms with Gasteiger partial charge in [-0.15, -0.1) is 0 Å². The molecule has 1 amide bonds. The van der Waals surface area contributed by atoms with Gasteiger partial charge in [-0.3, -0.25) is 4.79 Å².